The van der Waals surface area contributed by atoms with E-state index in [2.05, 4.69) is 25.6 Å². The maximum absolute atomic E-state index is 12.4. The molecular formula is C26H34N6O5. The van der Waals surface area contributed by atoms with E-state index in [1.165, 1.54) is 0 Å². The van der Waals surface area contributed by atoms with Crippen molar-refractivity contribution in [3.05, 3.63) is 47.3 Å². The van der Waals surface area contributed by atoms with E-state index in [0.29, 0.717) is 46.3 Å². The number of aldehydes is 1. The number of nitrogens with zero attached hydrogens (tertiary/aromatic N) is 3. The number of aromatic nitrogens is 3. The standard InChI is InChI=1S/C18H18N4O3.C8H16N2O2/c1-10(2)25-15-13(9-23)20-17-14(15)21-16(11(3)19-17)22-18(24)12-7-5-4-6-8-12;1-9-7-2-4-10(5-3-7)8(12)6-11/h4-10H,1-3H3,(H,19,20)(H,21,22,24);7,9,11H,2-6H2,1H3. The number of aliphatic hydroxyl groups excluding tert-OH is 1. The van der Waals surface area contributed by atoms with Gasteiger partial charge in [0.05, 0.1) is 11.8 Å². The molecule has 2 amide bonds. The summed E-state index contributed by atoms with van der Waals surface area (Å²) >= 11 is 0. The summed E-state index contributed by atoms with van der Waals surface area (Å²) in [6.45, 7) is 6.62. The molecule has 0 radical (unpaired) electrons. The van der Waals surface area contributed by atoms with E-state index >= 15 is 0 Å². The molecule has 37 heavy (non-hydrogen) atoms. The molecule has 1 aliphatic heterocycles. The van der Waals surface area contributed by atoms with Crippen LogP contribution in [0.15, 0.2) is 30.3 Å². The lowest BCUT2D eigenvalue weighted by molar-refractivity contribution is -0.135. The zero-order valence-corrected chi connectivity index (χ0v) is 21.6. The Labute approximate surface area is 215 Å². The molecule has 2 aromatic heterocycles. The molecule has 1 saturated heterocycles. The van der Waals surface area contributed by atoms with Gasteiger partial charge in [-0.15, -0.1) is 0 Å². The molecule has 0 unspecified atom stereocenters. The summed E-state index contributed by atoms with van der Waals surface area (Å²) in [5.41, 5.74) is 2.17. The predicted molar refractivity (Wildman–Crippen MR) is 140 cm³/mol. The SMILES string of the molecule is CNC1CCN(C(=O)CO)CC1.Cc1nc2[nH]c(C=O)c(OC(C)C)c2nc1NC(=O)c1ccccc1. The summed E-state index contributed by atoms with van der Waals surface area (Å²) < 4.78 is 5.70. The highest BCUT2D eigenvalue weighted by Crippen LogP contribution is 2.29. The third-order valence-corrected chi connectivity index (χ3v) is 5.91. The Kier molecular flexibility index (Phi) is 9.70. The van der Waals surface area contributed by atoms with Crippen LogP contribution in [-0.2, 0) is 4.79 Å². The number of aliphatic hydroxyl groups is 1. The van der Waals surface area contributed by atoms with Crippen LogP contribution in [0.2, 0.25) is 0 Å². The van der Waals surface area contributed by atoms with Crippen molar-refractivity contribution in [2.75, 3.05) is 32.1 Å². The van der Waals surface area contributed by atoms with Crippen molar-refractivity contribution in [1.29, 1.82) is 0 Å². The average Bonchev–Trinajstić information content (AvgIpc) is 3.24. The van der Waals surface area contributed by atoms with Crippen LogP contribution in [0.1, 0.15) is 53.2 Å². The van der Waals surface area contributed by atoms with Crippen molar-refractivity contribution >= 4 is 35.1 Å². The lowest BCUT2D eigenvalue weighted by atomic mass is 10.1. The molecule has 1 aromatic carbocycles. The van der Waals surface area contributed by atoms with Gasteiger partial charge in [-0.3, -0.25) is 14.4 Å². The third kappa shape index (κ3) is 7.11. The van der Waals surface area contributed by atoms with Gasteiger partial charge in [-0.05, 0) is 52.8 Å². The predicted octanol–water partition coefficient (Wildman–Crippen LogP) is 2.31. The first-order valence-corrected chi connectivity index (χ1v) is 12.2. The van der Waals surface area contributed by atoms with Gasteiger partial charge in [0.1, 0.15) is 12.3 Å². The number of H-pyrrole nitrogens is 1. The van der Waals surface area contributed by atoms with Crippen LogP contribution in [0.25, 0.3) is 11.2 Å². The van der Waals surface area contributed by atoms with E-state index < -0.39 is 0 Å². The molecule has 3 heterocycles. The van der Waals surface area contributed by atoms with E-state index in [0.717, 1.165) is 25.9 Å². The quantitative estimate of drug-likeness (QED) is 0.354. The number of benzene rings is 1. The van der Waals surface area contributed by atoms with E-state index in [-0.39, 0.29) is 30.2 Å². The zero-order chi connectivity index (χ0) is 26.9. The van der Waals surface area contributed by atoms with Crippen LogP contribution < -0.4 is 15.4 Å². The molecule has 11 nitrogen and oxygen atoms in total. The van der Waals surface area contributed by atoms with Crippen molar-refractivity contribution < 1.29 is 24.2 Å². The van der Waals surface area contributed by atoms with Gasteiger partial charge in [0.25, 0.3) is 5.91 Å². The number of fused-ring (bicyclic) bond motifs is 1. The van der Waals surface area contributed by atoms with Crippen molar-refractivity contribution in [2.45, 2.75) is 45.8 Å². The first-order valence-electron chi connectivity index (χ1n) is 12.2. The second kappa shape index (κ2) is 12.9. The number of ether oxygens (including phenoxy) is 1. The summed E-state index contributed by atoms with van der Waals surface area (Å²) in [5.74, 6) is 0.230. The molecule has 4 N–H and O–H groups in total. The number of nitrogens with one attached hydrogen (secondary N) is 3. The fourth-order valence-corrected chi connectivity index (χ4v) is 3.92. The maximum Gasteiger partial charge on any atom is 0.256 e. The van der Waals surface area contributed by atoms with Crippen LogP contribution in [0.5, 0.6) is 5.75 Å². The Morgan fingerprint density at radius 1 is 1.22 bits per heavy atom. The number of aryl methyl sites for hydroxylation is 1. The van der Waals surface area contributed by atoms with Crippen molar-refractivity contribution in [3.63, 3.8) is 0 Å². The maximum atomic E-state index is 12.4. The fourth-order valence-electron chi connectivity index (χ4n) is 3.92. The number of rotatable bonds is 7. The summed E-state index contributed by atoms with van der Waals surface area (Å²) in [7, 11) is 1.94. The molecule has 0 aliphatic carbocycles. The topological polar surface area (TPSA) is 150 Å². The van der Waals surface area contributed by atoms with Crippen LogP contribution >= 0.6 is 0 Å². The number of anilines is 1. The highest BCUT2D eigenvalue weighted by Gasteiger charge is 2.21. The summed E-state index contributed by atoms with van der Waals surface area (Å²) in [6.07, 6.45) is 2.51. The van der Waals surface area contributed by atoms with Gasteiger partial charge in [0, 0.05) is 24.7 Å². The second-order valence-electron chi connectivity index (χ2n) is 8.93. The number of hydrogen-bond donors (Lipinski definition) is 4. The number of piperidine rings is 1. The largest absolute Gasteiger partial charge is 0.486 e. The van der Waals surface area contributed by atoms with E-state index in [9.17, 15) is 14.4 Å². The minimum atomic E-state index is -0.357. The van der Waals surface area contributed by atoms with Crippen LogP contribution in [0.4, 0.5) is 5.82 Å². The summed E-state index contributed by atoms with van der Waals surface area (Å²) in [6, 6.07) is 9.37. The molecule has 3 aromatic rings. The number of amides is 2. The van der Waals surface area contributed by atoms with Gasteiger partial charge in [-0.1, -0.05) is 18.2 Å². The molecule has 0 spiro atoms. The molecule has 0 bridgehead atoms. The van der Waals surface area contributed by atoms with E-state index in [1.54, 1.807) is 36.1 Å². The Balaban J connectivity index is 0.000000266. The smallest absolute Gasteiger partial charge is 0.256 e. The second-order valence-corrected chi connectivity index (χ2v) is 8.93. The van der Waals surface area contributed by atoms with Gasteiger partial charge >= 0.3 is 0 Å². The van der Waals surface area contributed by atoms with Gasteiger partial charge in [-0.2, -0.15) is 0 Å². The summed E-state index contributed by atoms with van der Waals surface area (Å²) in [4.78, 5) is 48.1. The van der Waals surface area contributed by atoms with Crippen LogP contribution in [-0.4, -0.2) is 81.9 Å². The number of likely N-dealkylation sites (tertiary alicyclic amines) is 1. The average molecular weight is 511 g/mol. The van der Waals surface area contributed by atoms with Gasteiger partial charge < -0.3 is 30.4 Å². The first kappa shape index (κ1) is 27.8. The van der Waals surface area contributed by atoms with E-state index in [1.807, 2.05) is 27.0 Å². The monoisotopic (exact) mass is 510 g/mol. The highest BCUT2D eigenvalue weighted by molar-refractivity contribution is 6.04. The van der Waals surface area contributed by atoms with Crippen molar-refractivity contribution in [2.24, 2.45) is 0 Å². The molecule has 0 atom stereocenters. The molecule has 11 heteroatoms. The molecule has 0 saturated carbocycles. The zero-order valence-electron chi connectivity index (χ0n) is 21.6. The molecule has 1 aliphatic rings. The molecule has 198 valence electrons. The minimum Gasteiger partial charge on any atom is -0.486 e. The number of carbonyl (C=O) groups is 3. The van der Waals surface area contributed by atoms with E-state index in [4.69, 9.17) is 9.84 Å². The highest BCUT2D eigenvalue weighted by atomic mass is 16.5. The van der Waals surface area contributed by atoms with Gasteiger partial charge in [-0.25, -0.2) is 9.97 Å². The van der Waals surface area contributed by atoms with Crippen molar-refractivity contribution in [3.8, 4) is 5.75 Å². The molecule has 1 fully saturated rings. The Bertz CT molecular complexity index is 1220. The normalized spacial score (nSPS) is 13.7. The number of carbonyl (C=O) groups excluding carboxylic acids is 3. The number of hydrogen-bond acceptors (Lipinski definition) is 8. The lowest BCUT2D eigenvalue weighted by Gasteiger charge is -2.31. The van der Waals surface area contributed by atoms with Crippen LogP contribution in [0, 0.1) is 6.92 Å². The Hall–Kier alpha value is -3.83. The molecular weight excluding hydrogens is 476 g/mol. The fraction of sp³-hybridized carbons (Fsp3) is 0.423. The Morgan fingerprint density at radius 2 is 1.89 bits per heavy atom. The first-order chi connectivity index (χ1) is 17.8. The number of aromatic amines is 1. The third-order valence-electron chi connectivity index (χ3n) is 5.91. The van der Waals surface area contributed by atoms with Gasteiger partial charge in [0.15, 0.2) is 29.0 Å². The lowest BCUT2D eigenvalue weighted by Crippen LogP contribution is -2.44. The van der Waals surface area contributed by atoms with Gasteiger partial charge in [0.2, 0.25) is 5.91 Å². The van der Waals surface area contributed by atoms with Crippen molar-refractivity contribution in [1.82, 2.24) is 25.2 Å². The Morgan fingerprint density at radius 3 is 2.46 bits per heavy atom. The summed E-state index contributed by atoms with van der Waals surface area (Å²) in [5, 5.41) is 14.5. The minimum absolute atomic E-state index is 0.136. The van der Waals surface area contributed by atoms with Crippen LogP contribution in [0.3, 0.4) is 0 Å². The molecule has 4 rings (SSSR count).